The van der Waals surface area contributed by atoms with Crippen LogP contribution in [0.25, 0.3) is 0 Å². The van der Waals surface area contributed by atoms with Gasteiger partial charge in [0.25, 0.3) is 0 Å². The van der Waals surface area contributed by atoms with Crippen LogP contribution in [0.4, 0.5) is 0 Å². The fourth-order valence-electron chi connectivity index (χ4n) is 1.20. The van der Waals surface area contributed by atoms with E-state index in [2.05, 4.69) is 6.92 Å². The lowest BCUT2D eigenvalue weighted by molar-refractivity contribution is 0.257. The van der Waals surface area contributed by atoms with E-state index < -0.39 is 0 Å². The van der Waals surface area contributed by atoms with Crippen molar-refractivity contribution in [1.82, 2.24) is 0 Å². The third-order valence-corrected chi connectivity index (χ3v) is 2.23. The largest absolute Gasteiger partial charge is 0.327 e. The van der Waals surface area contributed by atoms with Crippen molar-refractivity contribution in [3.8, 4) is 0 Å². The van der Waals surface area contributed by atoms with E-state index in [1.165, 1.54) is 19.3 Å². The summed E-state index contributed by atoms with van der Waals surface area (Å²) in [5.74, 6) is 0.875. The van der Waals surface area contributed by atoms with Gasteiger partial charge in [0.1, 0.15) is 0 Å². The summed E-state index contributed by atoms with van der Waals surface area (Å²) in [4.78, 5) is 0. The van der Waals surface area contributed by atoms with Gasteiger partial charge in [-0.3, -0.25) is 0 Å². The second-order valence-electron chi connectivity index (χ2n) is 2.76. The third kappa shape index (κ3) is 2.15. The van der Waals surface area contributed by atoms with Crippen LogP contribution in [0.3, 0.4) is 0 Å². The fourth-order valence-corrected chi connectivity index (χ4v) is 1.20. The predicted octanol–water partition coefficient (Wildman–Crippen LogP) is 1.95. The van der Waals surface area contributed by atoms with Crippen LogP contribution in [0.15, 0.2) is 0 Å². The third-order valence-electron chi connectivity index (χ3n) is 2.23. The van der Waals surface area contributed by atoms with Crippen LogP contribution in [0.1, 0.15) is 32.6 Å². The first-order valence-corrected chi connectivity index (χ1v) is 3.60. The van der Waals surface area contributed by atoms with Crippen LogP contribution in [0.2, 0.25) is 0 Å². The van der Waals surface area contributed by atoms with E-state index in [0.29, 0.717) is 6.04 Å². The molecule has 0 spiro atoms. The highest BCUT2D eigenvalue weighted by Gasteiger charge is 2.22. The Morgan fingerprint density at radius 2 is 2.11 bits per heavy atom. The van der Waals surface area contributed by atoms with Crippen LogP contribution < -0.4 is 5.73 Å². The lowest BCUT2D eigenvalue weighted by atomic mass is 9.79. The standard InChI is InChI=1S/C7H15N.ClH/c1-2-7(8)6-4-3-5-6;/h6-7H,2-5,8H2,1H3;1H. The molecule has 1 aliphatic carbocycles. The summed E-state index contributed by atoms with van der Waals surface area (Å²) in [7, 11) is 0. The average molecular weight is 150 g/mol. The molecule has 1 nitrogen and oxygen atoms in total. The van der Waals surface area contributed by atoms with Crippen molar-refractivity contribution >= 4 is 12.4 Å². The molecule has 1 unspecified atom stereocenters. The Balaban J connectivity index is 0.000000640. The first kappa shape index (κ1) is 9.25. The Labute approximate surface area is 63.4 Å². The highest BCUT2D eigenvalue weighted by molar-refractivity contribution is 5.85. The molecule has 2 N–H and O–H groups in total. The van der Waals surface area contributed by atoms with Crippen molar-refractivity contribution in [3.05, 3.63) is 0 Å². The Hall–Kier alpha value is 0.250. The van der Waals surface area contributed by atoms with Gasteiger partial charge in [0.05, 0.1) is 0 Å². The molecule has 0 heterocycles. The Bertz CT molecular complexity index is 68.6. The normalized spacial score (nSPS) is 22.0. The minimum atomic E-state index is 0. The SMILES string of the molecule is CCC(N)C1CCC1.Cl. The molecule has 0 aromatic heterocycles. The molecule has 1 aliphatic rings. The molecular formula is C7H16ClN. The van der Waals surface area contributed by atoms with Gasteiger partial charge in [-0.15, -0.1) is 12.4 Å². The topological polar surface area (TPSA) is 26.0 Å². The van der Waals surface area contributed by atoms with Crippen molar-refractivity contribution in [1.29, 1.82) is 0 Å². The number of halogens is 1. The summed E-state index contributed by atoms with van der Waals surface area (Å²) in [5, 5.41) is 0. The van der Waals surface area contributed by atoms with E-state index in [-0.39, 0.29) is 12.4 Å². The lowest BCUT2D eigenvalue weighted by Gasteiger charge is -2.30. The van der Waals surface area contributed by atoms with Crippen molar-refractivity contribution in [2.75, 3.05) is 0 Å². The van der Waals surface area contributed by atoms with Gasteiger partial charge >= 0.3 is 0 Å². The Morgan fingerprint density at radius 3 is 2.22 bits per heavy atom. The Morgan fingerprint density at radius 1 is 1.56 bits per heavy atom. The van der Waals surface area contributed by atoms with Gasteiger partial charge in [-0.2, -0.15) is 0 Å². The maximum absolute atomic E-state index is 5.78. The molecule has 0 radical (unpaired) electrons. The molecule has 56 valence electrons. The van der Waals surface area contributed by atoms with E-state index in [4.69, 9.17) is 5.73 Å². The number of hydrogen-bond donors (Lipinski definition) is 1. The van der Waals surface area contributed by atoms with Gasteiger partial charge in [-0.25, -0.2) is 0 Å². The molecule has 0 amide bonds. The molecule has 0 bridgehead atoms. The molecule has 2 heteroatoms. The first-order chi connectivity index (χ1) is 3.84. The van der Waals surface area contributed by atoms with Gasteiger partial charge in [0.2, 0.25) is 0 Å². The first-order valence-electron chi connectivity index (χ1n) is 3.60. The lowest BCUT2D eigenvalue weighted by Crippen LogP contribution is -2.33. The monoisotopic (exact) mass is 149 g/mol. The molecule has 1 saturated carbocycles. The molecule has 1 rings (SSSR count). The summed E-state index contributed by atoms with van der Waals surface area (Å²) in [6.45, 7) is 2.17. The Kier molecular flexibility index (Phi) is 4.24. The maximum Gasteiger partial charge on any atom is 0.00645 e. The van der Waals surface area contributed by atoms with Crippen molar-refractivity contribution in [3.63, 3.8) is 0 Å². The van der Waals surface area contributed by atoms with E-state index in [1.807, 2.05) is 0 Å². The number of hydrogen-bond acceptors (Lipinski definition) is 1. The summed E-state index contributed by atoms with van der Waals surface area (Å²) in [6, 6.07) is 0.503. The zero-order chi connectivity index (χ0) is 5.98. The van der Waals surface area contributed by atoms with E-state index in [1.54, 1.807) is 0 Å². The predicted molar refractivity (Wildman–Crippen MR) is 42.9 cm³/mol. The fraction of sp³-hybridized carbons (Fsp3) is 1.00. The van der Waals surface area contributed by atoms with Crippen molar-refractivity contribution < 1.29 is 0 Å². The van der Waals surface area contributed by atoms with E-state index in [0.717, 1.165) is 12.3 Å². The molecule has 0 saturated heterocycles. The molecule has 0 aliphatic heterocycles. The molecule has 1 atom stereocenters. The summed E-state index contributed by atoms with van der Waals surface area (Å²) < 4.78 is 0. The second-order valence-corrected chi connectivity index (χ2v) is 2.76. The highest BCUT2D eigenvalue weighted by Crippen LogP contribution is 2.29. The van der Waals surface area contributed by atoms with Crippen LogP contribution in [0, 0.1) is 5.92 Å². The van der Waals surface area contributed by atoms with E-state index >= 15 is 0 Å². The molecule has 9 heavy (non-hydrogen) atoms. The van der Waals surface area contributed by atoms with Crippen LogP contribution in [-0.4, -0.2) is 6.04 Å². The highest BCUT2D eigenvalue weighted by atomic mass is 35.5. The maximum atomic E-state index is 5.78. The zero-order valence-electron chi connectivity index (χ0n) is 5.97. The summed E-state index contributed by atoms with van der Waals surface area (Å²) >= 11 is 0. The van der Waals surface area contributed by atoms with Crippen molar-refractivity contribution in [2.24, 2.45) is 11.7 Å². The molecular weight excluding hydrogens is 134 g/mol. The quantitative estimate of drug-likeness (QED) is 0.638. The minimum Gasteiger partial charge on any atom is -0.327 e. The van der Waals surface area contributed by atoms with E-state index in [9.17, 15) is 0 Å². The molecule has 0 aromatic rings. The second kappa shape index (κ2) is 4.13. The van der Waals surface area contributed by atoms with Gasteiger partial charge in [-0.1, -0.05) is 13.3 Å². The van der Waals surface area contributed by atoms with Gasteiger partial charge in [-0.05, 0) is 25.2 Å². The van der Waals surface area contributed by atoms with Crippen LogP contribution in [-0.2, 0) is 0 Å². The van der Waals surface area contributed by atoms with Crippen molar-refractivity contribution in [2.45, 2.75) is 38.6 Å². The van der Waals surface area contributed by atoms with Gasteiger partial charge in [0, 0.05) is 6.04 Å². The smallest absolute Gasteiger partial charge is 0.00645 e. The van der Waals surface area contributed by atoms with Gasteiger partial charge < -0.3 is 5.73 Å². The minimum absolute atomic E-state index is 0. The van der Waals surface area contributed by atoms with Crippen LogP contribution in [0.5, 0.6) is 0 Å². The molecule has 0 aromatic carbocycles. The van der Waals surface area contributed by atoms with Gasteiger partial charge in [0.15, 0.2) is 0 Å². The summed E-state index contributed by atoms with van der Waals surface area (Å²) in [5.41, 5.74) is 5.78. The zero-order valence-corrected chi connectivity index (χ0v) is 6.79. The number of nitrogens with two attached hydrogens (primary N) is 1. The molecule has 1 fully saturated rings. The summed E-state index contributed by atoms with van der Waals surface area (Å²) in [6.07, 6.45) is 5.34. The average Bonchev–Trinajstić information content (AvgIpc) is 1.62. The number of rotatable bonds is 2. The van der Waals surface area contributed by atoms with Crippen LogP contribution >= 0.6 is 12.4 Å².